The number of hydrogen-bond acceptors (Lipinski definition) is 5. The molecule has 0 aliphatic rings. The molecular formula is C11H11N3O2S. The van der Waals surface area contributed by atoms with Gasteiger partial charge in [0.15, 0.2) is 0 Å². The van der Waals surface area contributed by atoms with E-state index < -0.39 is 4.92 Å². The number of nitro benzene ring substituents is 1. The highest BCUT2D eigenvalue weighted by atomic mass is 32.1. The molecule has 0 amide bonds. The molecule has 17 heavy (non-hydrogen) atoms. The Morgan fingerprint density at radius 1 is 1.53 bits per heavy atom. The molecule has 2 aromatic rings. The number of anilines is 1. The first-order valence-corrected chi connectivity index (χ1v) is 5.86. The van der Waals surface area contributed by atoms with Gasteiger partial charge in [0.2, 0.25) is 0 Å². The molecule has 5 nitrogen and oxygen atoms in total. The van der Waals surface area contributed by atoms with Gasteiger partial charge in [0.05, 0.1) is 16.5 Å². The van der Waals surface area contributed by atoms with E-state index in [0.29, 0.717) is 6.54 Å². The van der Waals surface area contributed by atoms with Crippen LogP contribution in [0.3, 0.4) is 0 Å². The molecular weight excluding hydrogens is 238 g/mol. The van der Waals surface area contributed by atoms with Crippen LogP contribution in [0.2, 0.25) is 0 Å². The van der Waals surface area contributed by atoms with Crippen LogP contribution in [-0.4, -0.2) is 9.91 Å². The van der Waals surface area contributed by atoms with Gasteiger partial charge < -0.3 is 5.32 Å². The van der Waals surface area contributed by atoms with E-state index in [9.17, 15) is 10.1 Å². The Bertz CT molecular complexity index is 539. The molecule has 2 rings (SSSR count). The summed E-state index contributed by atoms with van der Waals surface area (Å²) in [5.74, 6) is 0. The molecule has 1 N–H and O–H groups in total. The molecule has 1 aromatic heterocycles. The van der Waals surface area contributed by atoms with Gasteiger partial charge in [0, 0.05) is 28.9 Å². The summed E-state index contributed by atoms with van der Waals surface area (Å²) in [6, 6.07) is 6.47. The molecule has 0 aliphatic heterocycles. The van der Waals surface area contributed by atoms with Crippen molar-refractivity contribution in [3.8, 4) is 0 Å². The van der Waals surface area contributed by atoms with Gasteiger partial charge in [0.25, 0.3) is 5.69 Å². The predicted octanol–water partition coefficient (Wildman–Crippen LogP) is 2.97. The molecule has 0 radical (unpaired) electrons. The van der Waals surface area contributed by atoms with Gasteiger partial charge in [-0.3, -0.25) is 10.1 Å². The number of aryl methyl sites for hydroxylation is 1. The number of non-ortho nitro benzene ring substituents is 1. The number of nitrogens with zero attached hydrogens (tertiary/aromatic N) is 2. The highest BCUT2D eigenvalue weighted by Gasteiger charge is 2.05. The van der Waals surface area contributed by atoms with Crippen LogP contribution in [0.5, 0.6) is 0 Å². The van der Waals surface area contributed by atoms with Crippen LogP contribution in [0.1, 0.15) is 9.88 Å². The first kappa shape index (κ1) is 11.5. The monoisotopic (exact) mass is 249 g/mol. The Labute approximate surface area is 102 Å². The van der Waals surface area contributed by atoms with Crippen molar-refractivity contribution in [2.45, 2.75) is 13.5 Å². The van der Waals surface area contributed by atoms with E-state index >= 15 is 0 Å². The number of nitrogens with one attached hydrogen (secondary N) is 1. The van der Waals surface area contributed by atoms with E-state index in [1.807, 2.05) is 13.1 Å². The van der Waals surface area contributed by atoms with Crippen molar-refractivity contribution < 1.29 is 4.92 Å². The third-order valence-corrected chi connectivity index (χ3v) is 3.11. The fraction of sp³-hybridized carbons (Fsp3) is 0.182. The van der Waals surface area contributed by atoms with Crippen LogP contribution in [0.4, 0.5) is 11.4 Å². The van der Waals surface area contributed by atoms with E-state index in [-0.39, 0.29) is 5.69 Å². The minimum absolute atomic E-state index is 0.0930. The van der Waals surface area contributed by atoms with Crippen LogP contribution in [0.25, 0.3) is 0 Å². The Morgan fingerprint density at radius 2 is 2.35 bits per heavy atom. The minimum Gasteiger partial charge on any atom is -0.380 e. The zero-order valence-electron chi connectivity index (χ0n) is 9.21. The van der Waals surface area contributed by atoms with E-state index in [2.05, 4.69) is 10.3 Å². The first-order valence-electron chi connectivity index (χ1n) is 5.05. The maximum absolute atomic E-state index is 10.6. The van der Waals surface area contributed by atoms with Crippen molar-refractivity contribution in [1.29, 1.82) is 0 Å². The van der Waals surface area contributed by atoms with Gasteiger partial charge in [-0.1, -0.05) is 6.07 Å². The third kappa shape index (κ3) is 3.01. The summed E-state index contributed by atoms with van der Waals surface area (Å²) in [4.78, 5) is 15.5. The van der Waals surface area contributed by atoms with E-state index in [1.54, 1.807) is 23.5 Å². The molecule has 0 unspecified atom stereocenters. The summed E-state index contributed by atoms with van der Waals surface area (Å²) in [6.07, 6.45) is 1.81. The molecule has 0 saturated heterocycles. The van der Waals surface area contributed by atoms with Gasteiger partial charge >= 0.3 is 0 Å². The highest BCUT2D eigenvalue weighted by molar-refractivity contribution is 7.11. The zero-order chi connectivity index (χ0) is 12.3. The minimum atomic E-state index is -0.401. The maximum atomic E-state index is 10.6. The largest absolute Gasteiger partial charge is 0.380 e. The molecule has 0 aliphatic carbocycles. The van der Waals surface area contributed by atoms with Crippen molar-refractivity contribution in [1.82, 2.24) is 4.98 Å². The van der Waals surface area contributed by atoms with Crippen molar-refractivity contribution >= 4 is 22.7 Å². The fourth-order valence-electron chi connectivity index (χ4n) is 1.41. The smallest absolute Gasteiger partial charge is 0.271 e. The lowest BCUT2D eigenvalue weighted by atomic mass is 10.3. The molecule has 0 fully saturated rings. The normalized spacial score (nSPS) is 10.2. The Hall–Kier alpha value is -1.95. The van der Waals surface area contributed by atoms with Crippen LogP contribution in [0, 0.1) is 17.0 Å². The lowest BCUT2D eigenvalue weighted by Crippen LogP contribution is -1.98. The molecule has 1 heterocycles. The van der Waals surface area contributed by atoms with Gasteiger partial charge in [0.1, 0.15) is 0 Å². The van der Waals surface area contributed by atoms with Crippen LogP contribution >= 0.6 is 11.3 Å². The van der Waals surface area contributed by atoms with Gasteiger partial charge in [-0.25, -0.2) is 4.98 Å². The van der Waals surface area contributed by atoms with E-state index in [1.165, 1.54) is 12.1 Å². The second kappa shape index (κ2) is 4.92. The summed E-state index contributed by atoms with van der Waals surface area (Å²) < 4.78 is 0. The molecule has 6 heteroatoms. The zero-order valence-corrected chi connectivity index (χ0v) is 10.0. The molecule has 0 atom stereocenters. The highest BCUT2D eigenvalue weighted by Crippen LogP contribution is 2.19. The summed E-state index contributed by atoms with van der Waals surface area (Å²) >= 11 is 1.61. The number of thiazole rings is 1. The van der Waals surface area contributed by atoms with E-state index in [0.717, 1.165) is 15.6 Å². The second-order valence-electron chi connectivity index (χ2n) is 3.51. The predicted molar refractivity (Wildman–Crippen MR) is 67.3 cm³/mol. The van der Waals surface area contributed by atoms with Gasteiger partial charge in [-0.15, -0.1) is 11.3 Å². The van der Waals surface area contributed by atoms with Crippen molar-refractivity contribution in [2.75, 3.05) is 5.32 Å². The fourth-order valence-corrected chi connectivity index (χ4v) is 2.14. The first-order chi connectivity index (χ1) is 8.15. The summed E-state index contributed by atoms with van der Waals surface area (Å²) in [6.45, 7) is 2.58. The van der Waals surface area contributed by atoms with Gasteiger partial charge in [-0.2, -0.15) is 0 Å². The third-order valence-electron chi connectivity index (χ3n) is 2.19. The average Bonchev–Trinajstić information content (AvgIpc) is 2.73. The number of benzene rings is 1. The number of hydrogen-bond donors (Lipinski definition) is 1. The SMILES string of the molecule is Cc1ncc(CNc2cccc([N+](=O)[O-])c2)s1. The molecule has 0 saturated carbocycles. The molecule has 88 valence electrons. The quantitative estimate of drug-likeness (QED) is 0.668. The lowest BCUT2D eigenvalue weighted by Gasteiger charge is -2.03. The van der Waals surface area contributed by atoms with E-state index in [4.69, 9.17) is 0 Å². The number of rotatable bonds is 4. The average molecular weight is 249 g/mol. The Kier molecular flexibility index (Phi) is 3.34. The number of aromatic nitrogens is 1. The topological polar surface area (TPSA) is 68.1 Å². The summed E-state index contributed by atoms with van der Waals surface area (Å²) in [5, 5.41) is 14.8. The van der Waals surface area contributed by atoms with Crippen LogP contribution in [-0.2, 0) is 6.54 Å². The van der Waals surface area contributed by atoms with Crippen molar-refractivity contribution in [2.24, 2.45) is 0 Å². The van der Waals surface area contributed by atoms with Crippen LogP contribution < -0.4 is 5.32 Å². The lowest BCUT2D eigenvalue weighted by molar-refractivity contribution is -0.384. The Balaban J connectivity index is 2.04. The van der Waals surface area contributed by atoms with Gasteiger partial charge in [-0.05, 0) is 13.0 Å². The molecule has 0 bridgehead atoms. The summed E-state index contributed by atoms with van der Waals surface area (Å²) in [5.41, 5.74) is 0.834. The number of nitro groups is 1. The maximum Gasteiger partial charge on any atom is 0.271 e. The van der Waals surface area contributed by atoms with Crippen LogP contribution in [0.15, 0.2) is 30.5 Å². The Morgan fingerprint density at radius 3 is 3.00 bits per heavy atom. The summed E-state index contributed by atoms with van der Waals surface area (Å²) in [7, 11) is 0. The van der Waals surface area contributed by atoms with Crippen molar-refractivity contribution in [3.63, 3.8) is 0 Å². The second-order valence-corrected chi connectivity index (χ2v) is 4.83. The van der Waals surface area contributed by atoms with Crippen molar-refractivity contribution in [3.05, 3.63) is 50.5 Å². The molecule has 1 aromatic carbocycles. The molecule has 0 spiro atoms. The standard InChI is InChI=1S/C11H11N3O2S/c1-8-12-6-11(17-8)7-13-9-3-2-4-10(5-9)14(15)16/h2-6,13H,7H2,1H3.